The number of nitrogens with zero attached hydrogens (tertiary/aromatic N) is 4. The Morgan fingerprint density at radius 2 is 1.97 bits per heavy atom. The second-order valence-corrected chi connectivity index (χ2v) is 6.25. The Kier molecular flexibility index (Phi) is 6.11. The third-order valence-corrected chi connectivity index (χ3v) is 4.04. The molecular weight excluding hydrogens is 393 g/mol. The lowest BCUT2D eigenvalue weighted by Gasteiger charge is -2.14. The van der Waals surface area contributed by atoms with E-state index in [1.54, 1.807) is 24.3 Å². The Balaban J connectivity index is 2.02. The average molecular weight is 411 g/mol. The van der Waals surface area contributed by atoms with Crippen LogP contribution in [0.2, 0.25) is 0 Å². The van der Waals surface area contributed by atoms with E-state index < -0.39 is 24.5 Å². The Hall–Kier alpha value is -4.15. The fraction of sp³-hybridized carbons (Fsp3) is 0.158. The van der Waals surface area contributed by atoms with Gasteiger partial charge < -0.3 is 21.5 Å². The maximum absolute atomic E-state index is 13.2. The van der Waals surface area contributed by atoms with Crippen LogP contribution in [-0.2, 0) is 11.5 Å². The van der Waals surface area contributed by atoms with E-state index in [0.717, 1.165) is 0 Å². The van der Waals surface area contributed by atoms with Gasteiger partial charge in [0.05, 0.1) is 12.4 Å². The number of hydrogen-bond donors (Lipinski definition) is 3. The summed E-state index contributed by atoms with van der Waals surface area (Å²) in [4.78, 5) is 31.1. The molecule has 5 N–H and O–H groups in total. The van der Waals surface area contributed by atoms with Crippen LogP contribution in [0.25, 0.3) is 11.1 Å². The molecule has 0 aliphatic heterocycles. The first-order valence-electron chi connectivity index (χ1n) is 8.76. The number of halogens is 1. The van der Waals surface area contributed by atoms with Crippen LogP contribution in [-0.4, -0.2) is 38.0 Å². The molecule has 11 heteroatoms. The van der Waals surface area contributed by atoms with E-state index in [1.165, 1.54) is 25.4 Å². The molecule has 0 fully saturated rings. The van der Waals surface area contributed by atoms with Crippen molar-refractivity contribution in [1.29, 1.82) is 0 Å². The summed E-state index contributed by atoms with van der Waals surface area (Å²) in [6.07, 6.45) is 2.98. The SMILES string of the molecule is CC(Nc1cc(C(N)=O)nc(Oc2ccc(CF)cc2-c2ccnnc2)n1)C(N)=O. The maximum Gasteiger partial charge on any atom is 0.324 e. The fourth-order valence-corrected chi connectivity index (χ4v) is 2.49. The first-order valence-corrected chi connectivity index (χ1v) is 8.76. The van der Waals surface area contributed by atoms with Crippen LogP contribution in [0, 0.1) is 0 Å². The summed E-state index contributed by atoms with van der Waals surface area (Å²) in [7, 11) is 0. The van der Waals surface area contributed by atoms with E-state index in [0.29, 0.717) is 16.7 Å². The van der Waals surface area contributed by atoms with Crippen LogP contribution >= 0.6 is 0 Å². The summed E-state index contributed by atoms with van der Waals surface area (Å²) in [5, 5.41) is 10.3. The minimum atomic E-state index is -0.816. The van der Waals surface area contributed by atoms with Gasteiger partial charge in [-0.25, -0.2) is 4.39 Å². The quantitative estimate of drug-likeness (QED) is 0.504. The van der Waals surface area contributed by atoms with Crippen molar-refractivity contribution in [3.8, 4) is 22.9 Å². The van der Waals surface area contributed by atoms with Gasteiger partial charge in [0.15, 0.2) is 0 Å². The molecule has 0 saturated carbocycles. The molecule has 3 aromatic rings. The van der Waals surface area contributed by atoms with Crippen molar-refractivity contribution in [1.82, 2.24) is 20.2 Å². The van der Waals surface area contributed by atoms with Gasteiger partial charge in [-0.05, 0) is 30.7 Å². The van der Waals surface area contributed by atoms with E-state index in [2.05, 4.69) is 25.5 Å². The third kappa shape index (κ3) is 4.82. The first kappa shape index (κ1) is 20.6. The molecule has 0 saturated heterocycles. The van der Waals surface area contributed by atoms with Crippen LogP contribution in [0.4, 0.5) is 10.2 Å². The normalized spacial score (nSPS) is 11.5. The number of amides is 2. The van der Waals surface area contributed by atoms with Crippen molar-refractivity contribution in [2.24, 2.45) is 11.5 Å². The van der Waals surface area contributed by atoms with Crippen LogP contribution < -0.4 is 21.5 Å². The number of benzene rings is 1. The molecule has 1 aromatic carbocycles. The number of carbonyl (C=O) groups excluding carboxylic acids is 2. The van der Waals surface area contributed by atoms with Crippen LogP contribution in [0.3, 0.4) is 0 Å². The molecule has 0 aliphatic rings. The monoisotopic (exact) mass is 411 g/mol. The molecule has 2 heterocycles. The number of carbonyl (C=O) groups is 2. The van der Waals surface area contributed by atoms with E-state index in [9.17, 15) is 14.0 Å². The number of ether oxygens (including phenoxy) is 1. The van der Waals surface area contributed by atoms with Crippen LogP contribution in [0.5, 0.6) is 11.8 Å². The highest BCUT2D eigenvalue weighted by atomic mass is 19.1. The Bertz CT molecular complexity index is 1080. The van der Waals surface area contributed by atoms with E-state index in [4.69, 9.17) is 16.2 Å². The lowest BCUT2D eigenvalue weighted by molar-refractivity contribution is -0.118. The van der Waals surface area contributed by atoms with E-state index >= 15 is 0 Å². The predicted molar refractivity (Wildman–Crippen MR) is 105 cm³/mol. The van der Waals surface area contributed by atoms with Gasteiger partial charge in [0.25, 0.3) is 5.91 Å². The van der Waals surface area contributed by atoms with Gasteiger partial charge in [-0.15, -0.1) is 0 Å². The van der Waals surface area contributed by atoms with Gasteiger partial charge >= 0.3 is 6.01 Å². The van der Waals surface area contributed by atoms with Crippen LogP contribution in [0.1, 0.15) is 23.0 Å². The lowest BCUT2D eigenvalue weighted by Crippen LogP contribution is -2.33. The van der Waals surface area contributed by atoms with Gasteiger partial charge in [-0.3, -0.25) is 9.59 Å². The van der Waals surface area contributed by atoms with Gasteiger partial charge in [0.2, 0.25) is 5.91 Å². The summed E-state index contributed by atoms with van der Waals surface area (Å²) < 4.78 is 19.0. The molecular formula is C19H18FN7O3. The smallest absolute Gasteiger partial charge is 0.324 e. The van der Waals surface area contributed by atoms with E-state index in [1.807, 2.05) is 0 Å². The van der Waals surface area contributed by atoms with Crippen molar-refractivity contribution in [2.45, 2.75) is 19.6 Å². The molecule has 1 atom stereocenters. The average Bonchev–Trinajstić information content (AvgIpc) is 2.74. The number of rotatable bonds is 8. The van der Waals surface area contributed by atoms with Gasteiger partial charge in [0.1, 0.15) is 30.0 Å². The molecule has 3 rings (SSSR count). The Morgan fingerprint density at radius 3 is 2.60 bits per heavy atom. The van der Waals surface area contributed by atoms with Crippen LogP contribution in [0.15, 0.2) is 42.7 Å². The van der Waals surface area contributed by atoms with Crippen molar-refractivity contribution in [3.63, 3.8) is 0 Å². The number of anilines is 1. The van der Waals surface area contributed by atoms with Gasteiger partial charge in [0, 0.05) is 17.2 Å². The zero-order valence-electron chi connectivity index (χ0n) is 15.9. The summed E-state index contributed by atoms with van der Waals surface area (Å²) in [5.41, 5.74) is 12.0. The second-order valence-electron chi connectivity index (χ2n) is 6.25. The number of hydrogen-bond acceptors (Lipinski definition) is 8. The highest BCUT2D eigenvalue weighted by molar-refractivity contribution is 5.91. The minimum absolute atomic E-state index is 0.118. The number of nitrogens with one attached hydrogen (secondary N) is 1. The minimum Gasteiger partial charge on any atom is -0.424 e. The molecule has 0 spiro atoms. The number of primary amides is 2. The standard InChI is InChI=1S/C19H18FN7O3/c1-10(17(21)28)25-16-7-14(18(22)29)26-19(27-16)30-15-3-2-11(8-20)6-13(15)12-4-5-23-24-9-12/h2-7,9-10H,8H2,1H3,(H2,21,28)(H2,22,29)(H,25,26,27). The molecule has 30 heavy (non-hydrogen) atoms. The van der Waals surface area contributed by atoms with Crippen molar-refractivity contribution in [2.75, 3.05) is 5.32 Å². The summed E-state index contributed by atoms with van der Waals surface area (Å²) >= 11 is 0. The molecule has 10 nitrogen and oxygen atoms in total. The molecule has 0 aliphatic carbocycles. The first-order chi connectivity index (χ1) is 14.4. The number of nitrogens with two attached hydrogens (primary N) is 2. The van der Waals surface area contributed by atoms with Crippen molar-refractivity contribution >= 4 is 17.6 Å². The summed E-state index contributed by atoms with van der Waals surface area (Å²) in [6.45, 7) is 0.859. The van der Waals surface area contributed by atoms with E-state index in [-0.39, 0.29) is 23.3 Å². The highest BCUT2D eigenvalue weighted by Crippen LogP contribution is 2.33. The third-order valence-electron chi connectivity index (χ3n) is 4.04. The highest BCUT2D eigenvalue weighted by Gasteiger charge is 2.16. The van der Waals surface area contributed by atoms with Crippen molar-refractivity contribution < 1.29 is 18.7 Å². The Labute approximate surface area is 170 Å². The van der Waals surface area contributed by atoms with Gasteiger partial charge in [-0.1, -0.05) is 6.07 Å². The molecule has 1 unspecified atom stereocenters. The topological polar surface area (TPSA) is 159 Å². The fourth-order valence-electron chi connectivity index (χ4n) is 2.49. The largest absolute Gasteiger partial charge is 0.424 e. The molecule has 2 amide bonds. The summed E-state index contributed by atoms with van der Waals surface area (Å²) in [5.74, 6) is -1.03. The Morgan fingerprint density at radius 1 is 1.17 bits per heavy atom. The van der Waals surface area contributed by atoms with Gasteiger partial charge in [-0.2, -0.15) is 20.2 Å². The van der Waals surface area contributed by atoms with Crippen molar-refractivity contribution in [3.05, 3.63) is 54.0 Å². The number of aromatic nitrogens is 4. The molecule has 0 bridgehead atoms. The molecule has 2 aromatic heterocycles. The lowest BCUT2D eigenvalue weighted by atomic mass is 10.0. The maximum atomic E-state index is 13.2. The molecule has 0 radical (unpaired) electrons. The zero-order valence-corrected chi connectivity index (χ0v) is 15.9. The predicted octanol–water partition coefficient (Wildman–Crippen LogP) is 1.58. The summed E-state index contributed by atoms with van der Waals surface area (Å²) in [6, 6.07) is 6.66. The zero-order chi connectivity index (χ0) is 21.7. The number of alkyl halides is 1. The second kappa shape index (κ2) is 8.90. The molecule has 154 valence electrons.